The summed E-state index contributed by atoms with van der Waals surface area (Å²) in [6, 6.07) is 5.61. The molecule has 0 saturated heterocycles. The third-order valence-corrected chi connectivity index (χ3v) is 2.81. The van der Waals surface area contributed by atoms with Gasteiger partial charge in [0.1, 0.15) is 6.20 Å². The Bertz CT molecular complexity index is 649. The van der Waals surface area contributed by atoms with E-state index in [1.807, 2.05) is 25.1 Å². The molecule has 2 aromatic rings. The van der Waals surface area contributed by atoms with E-state index in [1.165, 1.54) is 0 Å². The molecule has 0 fully saturated rings. The molecular weight excluding hydrogens is 282 g/mol. The molecule has 2 heterocycles. The highest BCUT2D eigenvalue weighted by Gasteiger charge is 2.20. The fourth-order valence-corrected chi connectivity index (χ4v) is 1.89. The van der Waals surface area contributed by atoms with Gasteiger partial charge in [-0.25, -0.2) is 4.98 Å². The Morgan fingerprint density at radius 1 is 1.40 bits per heavy atom. The first-order chi connectivity index (χ1) is 9.47. The summed E-state index contributed by atoms with van der Waals surface area (Å²) in [5.74, 6) is 0.165. The van der Waals surface area contributed by atoms with Crippen molar-refractivity contribution in [3.63, 3.8) is 0 Å². The zero-order chi connectivity index (χ0) is 14.7. The van der Waals surface area contributed by atoms with Gasteiger partial charge in [0.05, 0.1) is 17.2 Å². The summed E-state index contributed by atoms with van der Waals surface area (Å²) in [5.41, 5.74) is 1.48. The van der Waals surface area contributed by atoms with E-state index in [0.717, 1.165) is 17.6 Å². The van der Waals surface area contributed by atoms with Crippen LogP contribution in [0.1, 0.15) is 11.4 Å². The van der Waals surface area contributed by atoms with Gasteiger partial charge in [-0.15, -0.1) is 0 Å². The Hall–Kier alpha value is -2.28. The predicted molar refractivity (Wildman–Crippen MR) is 74.8 cm³/mol. The number of halogens is 1. The SMILES string of the molecule is Cc1cccc(CN(C)c2nc(Cl)ncc2[N+](=O)[O-])n1. The third kappa shape index (κ3) is 3.18. The van der Waals surface area contributed by atoms with Crippen LogP contribution >= 0.6 is 11.6 Å². The Kier molecular flexibility index (Phi) is 4.09. The number of rotatable bonds is 4. The Morgan fingerprint density at radius 3 is 2.80 bits per heavy atom. The van der Waals surface area contributed by atoms with Crippen LogP contribution in [0, 0.1) is 17.0 Å². The Balaban J connectivity index is 2.31. The molecule has 0 N–H and O–H groups in total. The lowest BCUT2D eigenvalue weighted by Gasteiger charge is -2.17. The van der Waals surface area contributed by atoms with Gasteiger partial charge in [0.2, 0.25) is 11.1 Å². The highest BCUT2D eigenvalue weighted by atomic mass is 35.5. The summed E-state index contributed by atoms with van der Waals surface area (Å²) >= 11 is 5.71. The number of aromatic nitrogens is 3. The second kappa shape index (κ2) is 5.79. The van der Waals surface area contributed by atoms with Crippen molar-refractivity contribution >= 4 is 23.1 Å². The van der Waals surface area contributed by atoms with E-state index in [0.29, 0.717) is 6.54 Å². The Morgan fingerprint density at radius 2 is 2.15 bits per heavy atom. The standard InChI is InChI=1S/C12H12ClN5O2/c1-8-4-3-5-9(15-8)7-17(2)11-10(18(19)20)6-14-12(13)16-11/h3-6H,7H2,1-2H3. The molecule has 0 spiro atoms. The number of hydrogen-bond donors (Lipinski definition) is 0. The normalized spacial score (nSPS) is 10.3. The molecule has 2 aromatic heterocycles. The van der Waals surface area contributed by atoms with Crippen molar-refractivity contribution < 1.29 is 4.92 Å². The van der Waals surface area contributed by atoms with Crippen molar-refractivity contribution in [3.05, 3.63) is 51.2 Å². The van der Waals surface area contributed by atoms with Gasteiger partial charge < -0.3 is 4.90 Å². The van der Waals surface area contributed by atoms with Gasteiger partial charge in [0.15, 0.2) is 0 Å². The smallest absolute Gasteiger partial charge is 0.329 e. The van der Waals surface area contributed by atoms with E-state index in [-0.39, 0.29) is 16.8 Å². The zero-order valence-corrected chi connectivity index (χ0v) is 11.7. The molecule has 0 bridgehead atoms. The molecule has 104 valence electrons. The van der Waals surface area contributed by atoms with E-state index in [9.17, 15) is 10.1 Å². The van der Waals surface area contributed by atoms with Crippen LogP contribution in [0.15, 0.2) is 24.4 Å². The minimum atomic E-state index is -0.536. The fourth-order valence-electron chi connectivity index (χ4n) is 1.76. The lowest BCUT2D eigenvalue weighted by Crippen LogP contribution is -2.20. The molecule has 0 radical (unpaired) electrons. The van der Waals surface area contributed by atoms with E-state index in [4.69, 9.17) is 11.6 Å². The van der Waals surface area contributed by atoms with Crippen LogP contribution in [0.2, 0.25) is 5.28 Å². The van der Waals surface area contributed by atoms with E-state index in [2.05, 4.69) is 15.0 Å². The van der Waals surface area contributed by atoms with Crippen molar-refractivity contribution in [1.82, 2.24) is 15.0 Å². The van der Waals surface area contributed by atoms with E-state index >= 15 is 0 Å². The molecule has 0 aromatic carbocycles. The summed E-state index contributed by atoms with van der Waals surface area (Å²) in [7, 11) is 1.69. The maximum Gasteiger partial charge on any atom is 0.329 e. The first-order valence-electron chi connectivity index (χ1n) is 5.78. The van der Waals surface area contributed by atoms with Crippen LogP contribution < -0.4 is 4.90 Å². The van der Waals surface area contributed by atoms with E-state index in [1.54, 1.807) is 11.9 Å². The molecule has 2 rings (SSSR count). The summed E-state index contributed by atoms with van der Waals surface area (Å²) < 4.78 is 0. The third-order valence-electron chi connectivity index (χ3n) is 2.62. The second-order valence-electron chi connectivity index (χ2n) is 4.23. The molecule has 0 aliphatic heterocycles. The topological polar surface area (TPSA) is 85.0 Å². The van der Waals surface area contributed by atoms with Crippen LogP contribution in [0.3, 0.4) is 0 Å². The fraction of sp³-hybridized carbons (Fsp3) is 0.250. The summed E-state index contributed by atoms with van der Waals surface area (Å²) in [6.45, 7) is 2.27. The van der Waals surface area contributed by atoms with Crippen molar-refractivity contribution in [1.29, 1.82) is 0 Å². The summed E-state index contributed by atoms with van der Waals surface area (Å²) in [4.78, 5) is 24.0. The monoisotopic (exact) mass is 293 g/mol. The van der Waals surface area contributed by atoms with Gasteiger partial charge >= 0.3 is 5.69 Å². The molecule has 0 atom stereocenters. The average molecular weight is 294 g/mol. The number of hydrogen-bond acceptors (Lipinski definition) is 6. The predicted octanol–water partition coefficient (Wildman–Crippen LogP) is 2.38. The molecule has 20 heavy (non-hydrogen) atoms. The van der Waals surface area contributed by atoms with Gasteiger partial charge in [-0.1, -0.05) is 6.07 Å². The molecule has 0 aliphatic carbocycles. The molecule has 0 unspecified atom stereocenters. The lowest BCUT2D eigenvalue weighted by atomic mass is 10.3. The zero-order valence-electron chi connectivity index (χ0n) is 10.9. The number of aryl methyl sites for hydroxylation is 1. The maximum absolute atomic E-state index is 11.0. The highest BCUT2D eigenvalue weighted by molar-refractivity contribution is 6.28. The van der Waals surface area contributed by atoms with Gasteiger partial charge in [-0.2, -0.15) is 4.98 Å². The molecular formula is C12H12ClN5O2. The Labute approximate surface area is 120 Å². The van der Waals surface area contributed by atoms with Gasteiger partial charge in [-0.3, -0.25) is 15.1 Å². The van der Waals surface area contributed by atoms with E-state index < -0.39 is 4.92 Å². The van der Waals surface area contributed by atoms with Crippen molar-refractivity contribution in [2.45, 2.75) is 13.5 Å². The number of nitrogens with zero attached hydrogens (tertiary/aromatic N) is 5. The van der Waals surface area contributed by atoms with Crippen molar-refractivity contribution in [2.24, 2.45) is 0 Å². The number of anilines is 1. The minimum Gasteiger partial charge on any atom is -0.348 e. The molecule has 0 saturated carbocycles. The lowest BCUT2D eigenvalue weighted by molar-refractivity contribution is -0.384. The van der Waals surface area contributed by atoms with Crippen LogP contribution in [0.4, 0.5) is 11.5 Å². The second-order valence-corrected chi connectivity index (χ2v) is 4.57. The average Bonchev–Trinajstić information content (AvgIpc) is 2.38. The van der Waals surface area contributed by atoms with Crippen molar-refractivity contribution in [3.8, 4) is 0 Å². The van der Waals surface area contributed by atoms with Crippen LogP contribution in [0.5, 0.6) is 0 Å². The van der Waals surface area contributed by atoms with Gasteiger partial charge in [0, 0.05) is 12.7 Å². The summed E-state index contributed by atoms with van der Waals surface area (Å²) in [6.07, 6.45) is 1.10. The van der Waals surface area contributed by atoms with Gasteiger partial charge in [0.25, 0.3) is 0 Å². The van der Waals surface area contributed by atoms with Crippen LogP contribution in [-0.4, -0.2) is 26.9 Å². The quantitative estimate of drug-likeness (QED) is 0.489. The first kappa shape index (κ1) is 14.1. The first-order valence-corrected chi connectivity index (χ1v) is 6.16. The van der Waals surface area contributed by atoms with Crippen LogP contribution in [0.25, 0.3) is 0 Å². The van der Waals surface area contributed by atoms with Crippen LogP contribution in [-0.2, 0) is 6.54 Å². The maximum atomic E-state index is 11.0. The molecule has 0 aliphatic rings. The molecule has 0 amide bonds. The largest absolute Gasteiger partial charge is 0.348 e. The molecule has 8 heteroatoms. The number of nitro groups is 1. The van der Waals surface area contributed by atoms with Crippen molar-refractivity contribution in [2.75, 3.05) is 11.9 Å². The van der Waals surface area contributed by atoms with Gasteiger partial charge in [-0.05, 0) is 30.7 Å². The number of pyridine rings is 1. The minimum absolute atomic E-state index is 0.0327. The highest BCUT2D eigenvalue weighted by Crippen LogP contribution is 2.26. The molecule has 7 nitrogen and oxygen atoms in total. The summed E-state index contributed by atoms with van der Waals surface area (Å²) in [5, 5.41) is 11.0.